The van der Waals surface area contributed by atoms with Gasteiger partial charge in [-0.3, -0.25) is 0 Å². The van der Waals surface area contributed by atoms with Crippen molar-refractivity contribution in [3.63, 3.8) is 0 Å². The zero-order valence-electron chi connectivity index (χ0n) is 8.97. The fraction of sp³-hybridized carbons (Fsp3) is 0.0833. The van der Waals surface area contributed by atoms with E-state index in [0.717, 1.165) is 10.0 Å². The first-order chi connectivity index (χ1) is 8.06. The molecule has 2 aromatic rings. The second-order valence-electron chi connectivity index (χ2n) is 3.59. The molecule has 1 aromatic heterocycles. The Kier molecular flexibility index (Phi) is 3.79. The molecule has 2 nitrogen and oxygen atoms in total. The summed E-state index contributed by atoms with van der Waals surface area (Å²) in [5.41, 5.74) is 1.43. The molecule has 0 atom stereocenters. The van der Waals surface area contributed by atoms with E-state index in [1.54, 1.807) is 18.3 Å². The van der Waals surface area contributed by atoms with Crippen LogP contribution in [-0.4, -0.2) is 4.98 Å². The zero-order chi connectivity index (χ0) is 12.4. The van der Waals surface area contributed by atoms with Crippen LogP contribution in [0.3, 0.4) is 0 Å². The van der Waals surface area contributed by atoms with Crippen LogP contribution in [0.5, 0.6) is 0 Å². The van der Waals surface area contributed by atoms with E-state index in [4.69, 9.17) is 0 Å². The first-order valence-electron chi connectivity index (χ1n) is 4.90. The van der Waals surface area contributed by atoms with Gasteiger partial charge in [-0.1, -0.05) is 15.9 Å². The summed E-state index contributed by atoms with van der Waals surface area (Å²) in [6.45, 7) is 1.95. The second kappa shape index (κ2) is 5.14. The summed E-state index contributed by atoms with van der Waals surface area (Å²) < 4.78 is 15.1. The highest BCUT2D eigenvalue weighted by atomic mass is 79.9. The van der Waals surface area contributed by atoms with Crippen molar-refractivity contribution in [1.82, 2.24) is 4.98 Å². The molecule has 2 rings (SSSR count). The van der Waals surface area contributed by atoms with Gasteiger partial charge < -0.3 is 5.32 Å². The van der Waals surface area contributed by atoms with Crippen molar-refractivity contribution in [2.75, 3.05) is 5.32 Å². The summed E-state index contributed by atoms with van der Waals surface area (Å²) in [6.07, 6.45) is 1.73. The van der Waals surface area contributed by atoms with Gasteiger partial charge in [-0.25, -0.2) is 9.37 Å². The number of nitrogens with one attached hydrogen (secondary N) is 1. The minimum atomic E-state index is -0.325. The molecule has 5 heteroatoms. The summed E-state index contributed by atoms with van der Waals surface area (Å²) in [5, 5.41) is 2.94. The lowest BCUT2D eigenvalue weighted by atomic mass is 10.3. The number of aryl methyl sites for hydroxylation is 1. The fourth-order valence-corrected chi connectivity index (χ4v) is 2.24. The van der Waals surface area contributed by atoms with E-state index >= 15 is 0 Å². The molecule has 0 aliphatic heterocycles. The molecule has 0 bridgehead atoms. The fourth-order valence-electron chi connectivity index (χ4n) is 1.34. The normalized spacial score (nSPS) is 10.4. The number of hydrogen-bond acceptors (Lipinski definition) is 2. The van der Waals surface area contributed by atoms with Crippen molar-refractivity contribution in [2.45, 2.75) is 6.92 Å². The van der Waals surface area contributed by atoms with Gasteiger partial charge in [0, 0.05) is 10.7 Å². The third-order valence-electron chi connectivity index (χ3n) is 2.16. The molecule has 0 spiro atoms. The minimum absolute atomic E-state index is 0.325. The molecule has 1 heterocycles. The van der Waals surface area contributed by atoms with Crippen LogP contribution in [-0.2, 0) is 0 Å². The number of rotatable bonds is 2. The van der Waals surface area contributed by atoms with Gasteiger partial charge in [0.05, 0.1) is 10.2 Å². The Labute approximate surface area is 116 Å². The third-order valence-corrected chi connectivity index (χ3v) is 3.26. The Morgan fingerprint density at radius 2 is 2.00 bits per heavy atom. The van der Waals surface area contributed by atoms with Crippen molar-refractivity contribution in [2.24, 2.45) is 0 Å². The lowest BCUT2D eigenvalue weighted by Gasteiger charge is -2.09. The van der Waals surface area contributed by atoms with Crippen LogP contribution in [0.15, 0.2) is 39.4 Å². The maximum Gasteiger partial charge on any atom is 0.147 e. The highest BCUT2D eigenvalue weighted by Crippen LogP contribution is 2.27. The first kappa shape index (κ1) is 12.5. The van der Waals surface area contributed by atoms with Crippen LogP contribution < -0.4 is 5.32 Å². The Morgan fingerprint density at radius 3 is 2.65 bits per heavy atom. The smallest absolute Gasteiger partial charge is 0.147 e. The maximum absolute atomic E-state index is 13.6. The van der Waals surface area contributed by atoms with E-state index in [-0.39, 0.29) is 5.82 Å². The summed E-state index contributed by atoms with van der Waals surface area (Å²) in [7, 11) is 0. The molecule has 0 radical (unpaired) electrons. The van der Waals surface area contributed by atoms with Gasteiger partial charge in [0.2, 0.25) is 0 Å². The van der Waals surface area contributed by atoms with E-state index < -0.39 is 0 Å². The molecule has 0 saturated heterocycles. The monoisotopic (exact) mass is 358 g/mol. The molecule has 0 amide bonds. The van der Waals surface area contributed by atoms with Crippen LogP contribution >= 0.6 is 31.9 Å². The topological polar surface area (TPSA) is 24.9 Å². The molecule has 0 fully saturated rings. The maximum atomic E-state index is 13.6. The predicted molar refractivity (Wildman–Crippen MR) is 74.1 cm³/mol. The predicted octanol–water partition coefficient (Wildman–Crippen LogP) is 4.80. The Balaban J connectivity index is 2.31. The second-order valence-corrected chi connectivity index (χ2v) is 5.36. The Hall–Kier alpha value is -0.940. The number of hydrogen-bond donors (Lipinski definition) is 1. The average molecular weight is 360 g/mol. The van der Waals surface area contributed by atoms with Crippen LogP contribution in [0.4, 0.5) is 15.9 Å². The van der Waals surface area contributed by atoms with Crippen molar-refractivity contribution >= 4 is 43.4 Å². The Bertz CT molecular complexity index is 509. The molecule has 88 valence electrons. The van der Waals surface area contributed by atoms with Crippen LogP contribution in [0.2, 0.25) is 0 Å². The lowest BCUT2D eigenvalue weighted by Crippen LogP contribution is -1.97. The van der Waals surface area contributed by atoms with Gasteiger partial charge in [0.15, 0.2) is 0 Å². The van der Waals surface area contributed by atoms with Crippen molar-refractivity contribution < 1.29 is 4.39 Å². The van der Waals surface area contributed by atoms with Gasteiger partial charge in [0.25, 0.3) is 0 Å². The molecular weight excluding hydrogens is 351 g/mol. The molecule has 0 aliphatic carbocycles. The third kappa shape index (κ3) is 3.04. The summed E-state index contributed by atoms with van der Waals surface area (Å²) in [6, 6.07) is 6.76. The van der Waals surface area contributed by atoms with Gasteiger partial charge in [-0.15, -0.1) is 0 Å². The number of nitrogens with zero attached hydrogens (tertiary/aromatic N) is 1. The van der Waals surface area contributed by atoms with Crippen molar-refractivity contribution in [3.8, 4) is 0 Å². The SMILES string of the molecule is Cc1cnc(Nc2ccc(Br)cc2F)c(Br)c1. The molecule has 0 aliphatic rings. The van der Waals surface area contributed by atoms with Crippen LogP contribution in [0, 0.1) is 12.7 Å². The highest BCUT2D eigenvalue weighted by Gasteiger charge is 2.06. The number of aromatic nitrogens is 1. The van der Waals surface area contributed by atoms with Gasteiger partial charge >= 0.3 is 0 Å². The average Bonchev–Trinajstić information content (AvgIpc) is 2.25. The van der Waals surface area contributed by atoms with Crippen LogP contribution in [0.1, 0.15) is 5.56 Å². The van der Waals surface area contributed by atoms with E-state index in [9.17, 15) is 4.39 Å². The quantitative estimate of drug-likeness (QED) is 0.833. The van der Waals surface area contributed by atoms with E-state index in [0.29, 0.717) is 16.0 Å². The summed E-state index contributed by atoms with van der Waals surface area (Å²) >= 11 is 6.60. The number of pyridine rings is 1. The van der Waals surface area contributed by atoms with Crippen LogP contribution in [0.25, 0.3) is 0 Å². The van der Waals surface area contributed by atoms with E-state index in [1.165, 1.54) is 6.07 Å². The van der Waals surface area contributed by atoms with Gasteiger partial charge in [-0.05, 0) is 52.7 Å². The molecule has 0 unspecified atom stereocenters. The summed E-state index contributed by atoms with van der Waals surface area (Å²) in [4.78, 5) is 4.20. The number of benzene rings is 1. The van der Waals surface area contributed by atoms with Gasteiger partial charge in [0.1, 0.15) is 11.6 Å². The first-order valence-corrected chi connectivity index (χ1v) is 6.49. The highest BCUT2D eigenvalue weighted by molar-refractivity contribution is 9.10. The number of halogens is 3. The zero-order valence-corrected chi connectivity index (χ0v) is 12.1. The summed E-state index contributed by atoms with van der Waals surface area (Å²) in [5.74, 6) is 0.269. The molecule has 1 aromatic carbocycles. The van der Waals surface area contributed by atoms with Gasteiger partial charge in [-0.2, -0.15) is 0 Å². The molecular formula is C12H9Br2FN2. The minimum Gasteiger partial charge on any atom is -0.337 e. The number of anilines is 2. The van der Waals surface area contributed by atoms with E-state index in [1.807, 2.05) is 13.0 Å². The standard InChI is InChI=1S/C12H9Br2FN2/c1-7-4-9(14)12(16-6-7)17-11-3-2-8(13)5-10(11)15/h2-6H,1H3,(H,16,17). The van der Waals surface area contributed by atoms with Crippen molar-refractivity contribution in [3.05, 3.63) is 50.8 Å². The largest absolute Gasteiger partial charge is 0.337 e. The molecule has 1 N–H and O–H groups in total. The molecule has 17 heavy (non-hydrogen) atoms. The van der Waals surface area contributed by atoms with Crippen molar-refractivity contribution in [1.29, 1.82) is 0 Å². The van der Waals surface area contributed by atoms with E-state index in [2.05, 4.69) is 42.2 Å². The Morgan fingerprint density at radius 1 is 1.24 bits per heavy atom. The molecule has 0 saturated carbocycles. The lowest BCUT2D eigenvalue weighted by molar-refractivity contribution is 0.631.